The van der Waals surface area contributed by atoms with Crippen molar-refractivity contribution < 1.29 is 9.90 Å². The standard InChI is InChI=1S/C16H25N3O2/c1-12(20)15(17)16(21)18-10-13-4-6-14(7-5-13)11-19-8-2-3-9-19/h4-7,12,15,20H,2-3,8-11,17H2,1H3,(H,18,21)/t12-,15+/m1/s1. The number of nitrogens with two attached hydrogens (primary N) is 1. The molecule has 0 radical (unpaired) electrons. The van der Waals surface area contributed by atoms with Crippen molar-refractivity contribution in [3.05, 3.63) is 35.4 Å². The van der Waals surface area contributed by atoms with Gasteiger partial charge in [0, 0.05) is 13.1 Å². The van der Waals surface area contributed by atoms with E-state index in [1.54, 1.807) is 0 Å². The van der Waals surface area contributed by atoms with Gasteiger partial charge in [-0.25, -0.2) is 0 Å². The van der Waals surface area contributed by atoms with Crippen molar-refractivity contribution in [3.8, 4) is 0 Å². The smallest absolute Gasteiger partial charge is 0.239 e. The Morgan fingerprint density at radius 2 is 1.86 bits per heavy atom. The van der Waals surface area contributed by atoms with Crippen LogP contribution in [0.3, 0.4) is 0 Å². The van der Waals surface area contributed by atoms with Gasteiger partial charge in [0.1, 0.15) is 6.04 Å². The van der Waals surface area contributed by atoms with Crippen LogP contribution in [-0.2, 0) is 17.9 Å². The predicted molar refractivity (Wildman–Crippen MR) is 82.5 cm³/mol. The number of hydrogen-bond donors (Lipinski definition) is 3. The third-order valence-electron chi connectivity index (χ3n) is 3.92. The van der Waals surface area contributed by atoms with Crippen molar-refractivity contribution in [1.82, 2.24) is 10.2 Å². The summed E-state index contributed by atoms with van der Waals surface area (Å²) in [6, 6.07) is 7.39. The minimum atomic E-state index is -0.876. The highest BCUT2D eigenvalue weighted by Crippen LogP contribution is 2.13. The summed E-state index contributed by atoms with van der Waals surface area (Å²) in [4.78, 5) is 14.1. The van der Waals surface area contributed by atoms with Crippen molar-refractivity contribution >= 4 is 5.91 Å². The van der Waals surface area contributed by atoms with E-state index in [4.69, 9.17) is 5.73 Å². The summed E-state index contributed by atoms with van der Waals surface area (Å²) in [6.07, 6.45) is 1.76. The fraction of sp³-hybridized carbons (Fsp3) is 0.562. The first-order valence-corrected chi connectivity index (χ1v) is 7.58. The van der Waals surface area contributed by atoms with Crippen LogP contribution < -0.4 is 11.1 Å². The second-order valence-corrected chi connectivity index (χ2v) is 5.78. The summed E-state index contributed by atoms with van der Waals surface area (Å²) in [6.45, 7) is 5.32. The molecule has 1 aromatic rings. The topological polar surface area (TPSA) is 78.6 Å². The number of aliphatic hydroxyl groups excluding tert-OH is 1. The lowest BCUT2D eigenvalue weighted by Crippen LogP contribution is -2.46. The Morgan fingerprint density at radius 1 is 1.29 bits per heavy atom. The Hall–Kier alpha value is -1.43. The van der Waals surface area contributed by atoms with Crippen LogP contribution in [0.4, 0.5) is 0 Å². The Labute approximate surface area is 126 Å². The zero-order chi connectivity index (χ0) is 15.2. The molecule has 0 saturated carbocycles. The maximum atomic E-state index is 11.7. The number of benzene rings is 1. The minimum absolute atomic E-state index is 0.328. The molecule has 1 aromatic carbocycles. The first-order valence-electron chi connectivity index (χ1n) is 7.58. The normalized spacial score (nSPS) is 18.4. The fourth-order valence-corrected chi connectivity index (χ4v) is 2.49. The van der Waals surface area contributed by atoms with Gasteiger partial charge in [-0.15, -0.1) is 0 Å². The van der Waals surface area contributed by atoms with Crippen LogP contribution in [0.25, 0.3) is 0 Å². The van der Waals surface area contributed by atoms with Gasteiger partial charge in [0.2, 0.25) is 5.91 Å². The monoisotopic (exact) mass is 291 g/mol. The molecule has 0 unspecified atom stereocenters. The number of likely N-dealkylation sites (tertiary alicyclic amines) is 1. The number of hydrogen-bond acceptors (Lipinski definition) is 4. The summed E-state index contributed by atoms with van der Waals surface area (Å²) in [5.74, 6) is -0.328. The molecule has 1 amide bonds. The third kappa shape index (κ3) is 4.81. The number of carbonyl (C=O) groups excluding carboxylic acids is 1. The number of rotatable bonds is 6. The number of carbonyl (C=O) groups is 1. The van der Waals surface area contributed by atoms with Crippen LogP contribution in [0.1, 0.15) is 30.9 Å². The zero-order valence-electron chi connectivity index (χ0n) is 12.6. The van der Waals surface area contributed by atoms with Crippen molar-refractivity contribution in [1.29, 1.82) is 0 Å². The molecule has 1 aliphatic heterocycles. The number of nitrogens with zero attached hydrogens (tertiary/aromatic N) is 1. The van der Waals surface area contributed by atoms with Crippen LogP contribution in [0.15, 0.2) is 24.3 Å². The van der Waals surface area contributed by atoms with E-state index in [9.17, 15) is 9.90 Å². The lowest BCUT2D eigenvalue weighted by molar-refractivity contribution is -0.124. The summed E-state index contributed by atoms with van der Waals surface area (Å²) < 4.78 is 0. The van der Waals surface area contributed by atoms with Crippen molar-refractivity contribution in [2.75, 3.05) is 13.1 Å². The van der Waals surface area contributed by atoms with Crippen LogP contribution in [0.2, 0.25) is 0 Å². The fourth-order valence-electron chi connectivity index (χ4n) is 2.49. The van der Waals surface area contributed by atoms with E-state index in [1.165, 1.54) is 38.4 Å². The van der Waals surface area contributed by atoms with E-state index < -0.39 is 12.1 Å². The first kappa shape index (κ1) is 15.9. The first-order chi connectivity index (χ1) is 10.1. The molecule has 1 fully saturated rings. The minimum Gasteiger partial charge on any atom is -0.391 e. The molecule has 1 heterocycles. The van der Waals surface area contributed by atoms with Crippen LogP contribution in [0, 0.1) is 0 Å². The number of aliphatic hydroxyl groups is 1. The van der Waals surface area contributed by atoms with Gasteiger partial charge in [-0.05, 0) is 44.0 Å². The Balaban J connectivity index is 1.80. The highest BCUT2D eigenvalue weighted by Gasteiger charge is 2.18. The van der Waals surface area contributed by atoms with Crippen LogP contribution in [-0.4, -0.2) is 41.1 Å². The zero-order valence-corrected chi connectivity index (χ0v) is 12.6. The van der Waals surface area contributed by atoms with Gasteiger partial charge in [0.15, 0.2) is 0 Å². The molecular weight excluding hydrogens is 266 g/mol. The largest absolute Gasteiger partial charge is 0.391 e. The van der Waals surface area contributed by atoms with Crippen molar-refractivity contribution in [2.24, 2.45) is 5.73 Å². The molecular formula is C16H25N3O2. The predicted octanol–water partition coefficient (Wildman–Crippen LogP) is 0.607. The van der Waals surface area contributed by atoms with Gasteiger partial charge in [0.05, 0.1) is 6.10 Å². The SMILES string of the molecule is C[C@@H](O)[C@H](N)C(=O)NCc1ccc(CN2CCCC2)cc1. The molecule has 5 nitrogen and oxygen atoms in total. The molecule has 0 bridgehead atoms. The van der Waals surface area contributed by atoms with Gasteiger partial charge in [-0.1, -0.05) is 24.3 Å². The summed E-state index contributed by atoms with van der Waals surface area (Å²) in [5.41, 5.74) is 7.90. The highest BCUT2D eigenvalue weighted by atomic mass is 16.3. The quantitative estimate of drug-likeness (QED) is 0.717. The molecule has 116 valence electrons. The molecule has 2 atom stereocenters. The Kier molecular flexibility index (Phi) is 5.73. The molecule has 0 aliphatic carbocycles. The molecule has 0 spiro atoms. The lowest BCUT2D eigenvalue weighted by atomic mass is 10.1. The average molecular weight is 291 g/mol. The van der Waals surface area contributed by atoms with Crippen molar-refractivity contribution in [3.63, 3.8) is 0 Å². The van der Waals surface area contributed by atoms with Crippen LogP contribution >= 0.6 is 0 Å². The molecule has 0 aromatic heterocycles. The van der Waals surface area contributed by atoms with E-state index in [1.807, 2.05) is 12.1 Å². The Bertz CT molecular complexity index is 453. The summed E-state index contributed by atoms with van der Waals surface area (Å²) in [5, 5.41) is 12.0. The molecule has 1 saturated heterocycles. The molecule has 5 heteroatoms. The number of nitrogens with one attached hydrogen (secondary N) is 1. The van der Waals surface area contributed by atoms with E-state index >= 15 is 0 Å². The molecule has 21 heavy (non-hydrogen) atoms. The van der Waals surface area contributed by atoms with E-state index in [0.717, 1.165) is 12.1 Å². The van der Waals surface area contributed by atoms with Gasteiger partial charge >= 0.3 is 0 Å². The van der Waals surface area contributed by atoms with E-state index in [0.29, 0.717) is 6.54 Å². The molecule has 2 rings (SSSR count). The Morgan fingerprint density at radius 3 is 2.43 bits per heavy atom. The van der Waals surface area contributed by atoms with Gasteiger partial charge < -0.3 is 16.2 Å². The second-order valence-electron chi connectivity index (χ2n) is 5.78. The number of amides is 1. The average Bonchev–Trinajstić information content (AvgIpc) is 2.98. The maximum absolute atomic E-state index is 11.7. The second kappa shape index (κ2) is 7.54. The van der Waals surface area contributed by atoms with Crippen LogP contribution in [0.5, 0.6) is 0 Å². The highest BCUT2D eigenvalue weighted by molar-refractivity contribution is 5.82. The van der Waals surface area contributed by atoms with E-state index in [-0.39, 0.29) is 5.91 Å². The van der Waals surface area contributed by atoms with Gasteiger partial charge in [-0.3, -0.25) is 9.69 Å². The molecule has 1 aliphatic rings. The summed E-state index contributed by atoms with van der Waals surface area (Å²) >= 11 is 0. The maximum Gasteiger partial charge on any atom is 0.239 e. The third-order valence-corrected chi connectivity index (χ3v) is 3.92. The van der Waals surface area contributed by atoms with Gasteiger partial charge in [0.25, 0.3) is 0 Å². The molecule has 4 N–H and O–H groups in total. The van der Waals surface area contributed by atoms with Gasteiger partial charge in [-0.2, -0.15) is 0 Å². The van der Waals surface area contributed by atoms with Crippen molar-refractivity contribution in [2.45, 2.75) is 45.0 Å². The summed E-state index contributed by atoms with van der Waals surface area (Å²) in [7, 11) is 0. The lowest BCUT2D eigenvalue weighted by Gasteiger charge is -2.16. The van der Waals surface area contributed by atoms with E-state index in [2.05, 4.69) is 22.3 Å².